The quantitative estimate of drug-likeness (QED) is 0.276. The molecule has 0 aliphatic rings. The van der Waals surface area contributed by atoms with Gasteiger partial charge in [-0.05, 0) is 20.3 Å². The first-order valence-corrected chi connectivity index (χ1v) is 10.8. The van der Waals surface area contributed by atoms with Crippen LogP contribution in [-0.2, 0) is 0 Å². The summed E-state index contributed by atoms with van der Waals surface area (Å²) in [7, 11) is 0. The molecule has 0 heterocycles. The molecule has 0 rings (SSSR count). The first kappa shape index (κ1) is 23.9. The maximum atomic E-state index is 9.60. The van der Waals surface area contributed by atoms with Crippen molar-refractivity contribution < 1.29 is 10.2 Å². The summed E-state index contributed by atoms with van der Waals surface area (Å²) in [5.41, 5.74) is 0. The molecule has 24 heavy (non-hydrogen) atoms. The van der Waals surface area contributed by atoms with Crippen molar-refractivity contribution in [3.05, 3.63) is 5.92 Å². The van der Waals surface area contributed by atoms with E-state index in [1.807, 2.05) is 0 Å². The Labute approximate surface area is 152 Å². The summed E-state index contributed by atoms with van der Waals surface area (Å²) < 4.78 is 0. The first-order valence-electron chi connectivity index (χ1n) is 10.8. The largest absolute Gasteiger partial charge is 0.393 e. The van der Waals surface area contributed by atoms with Crippen molar-refractivity contribution in [3.8, 4) is 0 Å². The normalized spacial score (nSPS) is 14.2. The van der Waals surface area contributed by atoms with E-state index < -0.39 is 12.2 Å². The highest BCUT2D eigenvalue weighted by Crippen LogP contribution is 2.21. The van der Waals surface area contributed by atoms with Gasteiger partial charge in [-0.2, -0.15) is 0 Å². The molecule has 0 aromatic carbocycles. The minimum Gasteiger partial charge on any atom is -0.393 e. The molecule has 1 radical (unpaired) electrons. The molecule has 0 amide bonds. The van der Waals surface area contributed by atoms with Gasteiger partial charge in [-0.25, -0.2) is 0 Å². The van der Waals surface area contributed by atoms with E-state index in [1.54, 1.807) is 13.8 Å². The molecule has 0 aromatic heterocycles. The molecule has 2 N–H and O–H groups in total. The summed E-state index contributed by atoms with van der Waals surface area (Å²) >= 11 is 0. The molecule has 2 atom stereocenters. The predicted molar refractivity (Wildman–Crippen MR) is 106 cm³/mol. The lowest BCUT2D eigenvalue weighted by Gasteiger charge is -2.21. The van der Waals surface area contributed by atoms with Crippen LogP contribution in [0.4, 0.5) is 0 Å². The Morgan fingerprint density at radius 1 is 0.542 bits per heavy atom. The molecular weight excluding hydrogens is 296 g/mol. The van der Waals surface area contributed by atoms with Crippen molar-refractivity contribution in [3.63, 3.8) is 0 Å². The Bertz CT molecular complexity index is 230. The Balaban J connectivity index is 3.20. The zero-order valence-corrected chi connectivity index (χ0v) is 16.9. The van der Waals surface area contributed by atoms with Crippen LogP contribution in [0.1, 0.15) is 124 Å². The maximum Gasteiger partial charge on any atom is 0.0600 e. The van der Waals surface area contributed by atoms with Gasteiger partial charge >= 0.3 is 0 Å². The number of aliphatic hydroxyl groups is 2. The topological polar surface area (TPSA) is 40.5 Å². The third-order valence-electron chi connectivity index (χ3n) is 5.14. The average Bonchev–Trinajstić information content (AvgIpc) is 2.53. The fraction of sp³-hybridized carbons (Fsp3) is 0.955. The molecule has 0 saturated carbocycles. The lowest BCUT2D eigenvalue weighted by atomic mass is 9.91. The van der Waals surface area contributed by atoms with Crippen molar-refractivity contribution in [2.24, 2.45) is 0 Å². The Kier molecular flexibility index (Phi) is 17.7. The van der Waals surface area contributed by atoms with Gasteiger partial charge in [-0.15, -0.1) is 0 Å². The van der Waals surface area contributed by atoms with Crippen LogP contribution in [0.25, 0.3) is 0 Å². The fourth-order valence-electron chi connectivity index (χ4n) is 3.47. The van der Waals surface area contributed by atoms with Gasteiger partial charge in [0.05, 0.1) is 12.2 Å². The van der Waals surface area contributed by atoms with E-state index in [2.05, 4.69) is 6.92 Å². The number of unbranched alkanes of at least 4 members (excludes halogenated alkanes) is 14. The second-order valence-corrected chi connectivity index (χ2v) is 7.63. The third-order valence-corrected chi connectivity index (χ3v) is 5.14. The van der Waals surface area contributed by atoms with Gasteiger partial charge in [-0.3, -0.25) is 0 Å². The van der Waals surface area contributed by atoms with E-state index in [4.69, 9.17) is 0 Å². The SMILES string of the molecule is CCCCCCCCCCCCCCCCC[C](C(C)O)C(C)O. The van der Waals surface area contributed by atoms with E-state index >= 15 is 0 Å². The van der Waals surface area contributed by atoms with E-state index in [-0.39, 0.29) is 0 Å². The van der Waals surface area contributed by atoms with Crippen molar-refractivity contribution in [1.82, 2.24) is 0 Å². The zero-order valence-electron chi connectivity index (χ0n) is 16.9. The van der Waals surface area contributed by atoms with Crippen LogP contribution < -0.4 is 0 Å². The fourth-order valence-corrected chi connectivity index (χ4v) is 3.47. The minimum atomic E-state index is -0.475. The van der Waals surface area contributed by atoms with Crippen LogP contribution in [0.3, 0.4) is 0 Å². The highest BCUT2D eigenvalue weighted by molar-refractivity contribution is 4.99. The number of hydrogen-bond donors (Lipinski definition) is 2. The molecule has 0 bridgehead atoms. The van der Waals surface area contributed by atoms with Crippen molar-refractivity contribution in [2.75, 3.05) is 0 Å². The highest BCUT2D eigenvalue weighted by Gasteiger charge is 2.20. The van der Waals surface area contributed by atoms with E-state index in [9.17, 15) is 10.2 Å². The smallest absolute Gasteiger partial charge is 0.0600 e. The van der Waals surface area contributed by atoms with Crippen LogP contribution in [-0.4, -0.2) is 22.4 Å². The summed E-state index contributed by atoms with van der Waals surface area (Å²) in [6.07, 6.45) is 20.4. The molecular formula is C22H45O2. The average molecular weight is 342 g/mol. The molecule has 2 nitrogen and oxygen atoms in total. The van der Waals surface area contributed by atoms with Crippen LogP contribution >= 0.6 is 0 Å². The van der Waals surface area contributed by atoms with Gasteiger partial charge in [-0.1, -0.05) is 103 Å². The third kappa shape index (κ3) is 15.4. The molecule has 0 aliphatic heterocycles. The molecule has 0 fully saturated rings. The second-order valence-electron chi connectivity index (χ2n) is 7.63. The number of rotatable bonds is 18. The lowest BCUT2D eigenvalue weighted by Crippen LogP contribution is -2.25. The van der Waals surface area contributed by atoms with Gasteiger partial charge in [0.1, 0.15) is 0 Å². The van der Waals surface area contributed by atoms with Crippen LogP contribution in [0.2, 0.25) is 0 Å². The molecule has 2 heteroatoms. The monoisotopic (exact) mass is 341 g/mol. The Morgan fingerprint density at radius 2 is 0.833 bits per heavy atom. The summed E-state index contributed by atoms with van der Waals surface area (Å²) in [5.74, 6) is 0.893. The number of hydrogen-bond acceptors (Lipinski definition) is 2. The second kappa shape index (κ2) is 17.7. The molecule has 0 aromatic rings. The van der Waals surface area contributed by atoms with Gasteiger partial charge in [0.2, 0.25) is 0 Å². The standard InChI is InChI=1S/C22H45O2/c1-4-5-6-7-8-9-10-11-12-13-14-15-16-17-18-19-22(20(2)23)21(3)24/h20-21,23-24H,4-19H2,1-3H3. The van der Waals surface area contributed by atoms with E-state index in [1.165, 1.54) is 89.9 Å². The first-order chi connectivity index (χ1) is 11.6. The molecule has 0 saturated heterocycles. The van der Waals surface area contributed by atoms with Crippen LogP contribution in [0, 0.1) is 5.92 Å². The van der Waals surface area contributed by atoms with Gasteiger partial charge in [0.15, 0.2) is 0 Å². The lowest BCUT2D eigenvalue weighted by molar-refractivity contribution is 0.120. The zero-order chi connectivity index (χ0) is 18.0. The molecule has 0 aliphatic carbocycles. The molecule has 2 unspecified atom stereocenters. The highest BCUT2D eigenvalue weighted by atomic mass is 16.3. The maximum absolute atomic E-state index is 9.60. The van der Waals surface area contributed by atoms with Crippen LogP contribution in [0.15, 0.2) is 0 Å². The Morgan fingerprint density at radius 3 is 1.12 bits per heavy atom. The minimum absolute atomic E-state index is 0.475. The molecule has 145 valence electrons. The van der Waals surface area contributed by atoms with Crippen molar-refractivity contribution in [1.29, 1.82) is 0 Å². The van der Waals surface area contributed by atoms with Crippen molar-refractivity contribution in [2.45, 2.75) is 136 Å². The summed E-state index contributed by atoms with van der Waals surface area (Å²) in [6.45, 7) is 5.79. The predicted octanol–water partition coefficient (Wildman–Crippen LogP) is 6.58. The number of aliphatic hydroxyl groups excluding tert-OH is 2. The van der Waals surface area contributed by atoms with Gasteiger partial charge in [0.25, 0.3) is 0 Å². The van der Waals surface area contributed by atoms with Crippen molar-refractivity contribution >= 4 is 0 Å². The van der Waals surface area contributed by atoms with E-state index in [0.29, 0.717) is 0 Å². The van der Waals surface area contributed by atoms with Crippen LogP contribution in [0.5, 0.6) is 0 Å². The molecule has 0 spiro atoms. The summed E-state index contributed by atoms with van der Waals surface area (Å²) in [4.78, 5) is 0. The summed E-state index contributed by atoms with van der Waals surface area (Å²) in [5, 5.41) is 19.2. The summed E-state index contributed by atoms with van der Waals surface area (Å²) in [6, 6.07) is 0. The Hall–Kier alpha value is -0.0800. The van der Waals surface area contributed by atoms with E-state index in [0.717, 1.165) is 18.8 Å². The van der Waals surface area contributed by atoms with Gasteiger partial charge in [0, 0.05) is 5.92 Å². The van der Waals surface area contributed by atoms with Gasteiger partial charge < -0.3 is 10.2 Å².